The van der Waals surface area contributed by atoms with E-state index in [1.165, 1.54) is 6.07 Å². The summed E-state index contributed by atoms with van der Waals surface area (Å²) in [6, 6.07) is 7.07. The van der Waals surface area contributed by atoms with Crippen LogP contribution in [0.15, 0.2) is 29.6 Å². The van der Waals surface area contributed by atoms with Gasteiger partial charge in [0.25, 0.3) is 0 Å². The van der Waals surface area contributed by atoms with Crippen LogP contribution >= 0.6 is 23.6 Å². The number of benzene rings is 1. The minimum Gasteiger partial charge on any atom is -0.297 e. The molecule has 0 spiro atoms. The molecular weight excluding hydrogens is 369 g/mol. The third-order valence-corrected chi connectivity index (χ3v) is 5.60. The molecule has 26 heavy (non-hydrogen) atoms. The van der Waals surface area contributed by atoms with Crippen LogP contribution in [0.2, 0.25) is 0 Å². The van der Waals surface area contributed by atoms with E-state index in [-0.39, 0.29) is 5.82 Å². The predicted molar refractivity (Wildman–Crippen MR) is 103 cm³/mol. The van der Waals surface area contributed by atoms with Crippen LogP contribution in [0.4, 0.5) is 4.39 Å². The monoisotopic (exact) mass is 389 g/mol. The molecule has 0 N–H and O–H groups in total. The Labute approximate surface area is 160 Å². The fourth-order valence-corrected chi connectivity index (χ4v) is 3.97. The van der Waals surface area contributed by atoms with Crippen molar-refractivity contribution >= 4 is 23.6 Å². The van der Waals surface area contributed by atoms with Gasteiger partial charge in [-0.15, -0.1) is 11.3 Å². The van der Waals surface area contributed by atoms with Gasteiger partial charge in [0.05, 0.1) is 22.9 Å². The second kappa shape index (κ2) is 7.02. The quantitative estimate of drug-likeness (QED) is 0.586. The van der Waals surface area contributed by atoms with Crippen molar-refractivity contribution in [2.45, 2.75) is 39.0 Å². The average Bonchev–Trinajstić information content (AvgIpc) is 3.28. The molecule has 5 nitrogen and oxygen atoms in total. The summed E-state index contributed by atoms with van der Waals surface area (Å²) in [6.07, 6.45) is 2.13. The number of nitrogens with zero attached hydrogens (tertiary/aromatic N) is 5. The Morgan fingerprint density at radius 2 is 2.12 bits per heavy atom. The normalized spacial score (nSPS) is 14.3. The maximum atomic E-state index is 14.3. The van der Waals surface area contributed by atoms with E-state index in [2.05, 4.69) is 20.4 Å². The lowest BCUT2D eigenvalue weighted by Gasteiger charge is -2.14. The number of rotatable bonds is 6. The van der Waals surface area contributed by atoms with Crippen molar-refractivity contribution < 1.29 is 4.39 Å². The SMILES string of the molecule is Cc1nc(CN(C)Cn2nc(-c3ccccc3F)n(C3CC3)c2=S)cs1. The number of hydrogen-bond donors (Lipinski definition) is 0. The number of hydrogen-bond acceptors (Lipinski definition) is 5. The summed E-state index contributed by atoms with van der Waals surface area (Å²) in [4.78, 5) is 6.61. The topological polar surface area (TPSA) is 38.9 Å². The Morgan fingerprint density at radius 3 is 2.77 bits per heavy atom. The molecular formula is C18H20FN5S2. The van der Waals surface area contributed by atoms with Crippen LogP contribution < -0.4 is 0 Å². The molecule has 1 fully saturated rings. The second-order valence-corrected chi connectivity index (χ2v) is 8.13. The van der Waals surface area contributed by atoms with Crippen molar-refractivity contribution in [1.82, 2.24) is 24.2 Å². The van der Waals surface area contributed by atoms with E-state index >= 15 is 0 Å². The average molecular weight is 390 g/mol. The summed E-state index contributed by atoms with van der Waals surface area (Å²) < 4.78 is 18.8. The maximum Gasteiger partial charge on any atom is 0.199 e. The van der Waals surface area contributed by atoms with Gasteiger partial charge in [-0.3, -0.25) is 9.47 Å². The highest BCUT2D eigenvalue weighted by atomic mass is 32.1. The van der Waals surface area contributed by atoms with Crippen molar-refractivity contribution in [3.63, 3.8) is 0 Å². The van der Waals surface area contributed by atoms with Gasteiger partial charge in [0, 0.05) is 18.0 Å². The fourth-order valence-electron chi connectivity index (χ4n) is 3.04. The van der Waals surface area contributed by atoms with Crippen LogP contribution in [-0.4, -0.2) is 31.3 Å². The van der Waals surface area contributed by atoms with E-state index in [9.17, 15) is 4.39 Å². The van der Waals surface area contributed by atoms with Gasteiger partial charge in [-0.2, -0.15) is 5.10 Å². The molecule has 0 aliphatic heterocycles. The lowest BCUT2D eigenvalue weighted by molar-refractivity contribution is 0.241. The third-order valence-electron chi connectivity index (χ3n) is 4.37. The van der Waals surface area contributed by atoms with Gasteiger partial charge in [-0.05, 0) is 51.2 Å². The van der Waals surface area contributed by atoms with Gasteiger partial charge in [-0.1, -0.05) is 12.1 Å². The highest BCUT2D eigenvalue weighted by molar-refractivity contribution is 7.71. The van der Waals surface area contributed by atoms with Crippen molar-refractivity contribution in [2.75, 3.05) is 7.05 Å². The van der Waals surface area contributed by atoms with Crippen molar-refractivity contribution in [3.8, 4) is 11.4 Å². The molecule has 136 valence electrons. The van der Waals surface area contributed by atoms with Crippen LogP contribution in [0.3, 0.4) is 0 Å². The van der Waals surface area contributed by atoms with Crippen LogP contribution in [0.5, 0.6) is 0 Å². The number of aromatic nitrogens is 4. The van der Waals surface area contributed by atoms with Gasteiger partial charge in [0.15, 0.2) is 10.6 Å². The Hall–Kier alpha value is -1.90. The summed E-state index contributed by atoms with van der Waals surface area (Å²) in [7, 11) is 2.01. The molecule has 1 saturated carbocycles. The van der Waals surface area contributed by atoms with Gasteiger partial charge in [0.2, 0.25) is 0 Å². The van der Waals surface area contributed by atoms with Gasteiger partial charge in [0.1, 0.15) is 5.82 Å². The Kier molecular flexibility index (Phi) is 4.73. The summed E-state index contributed by atoms with van der Waals surface area (Å²) >= 11 is 7.31. The van der Waals surface area contributed by atoms with Gasteiger partial charge < -0.3 is 0 Å². The lowest BCUT2D eigenvalue weighted by atomic mass is 10.2. The van der Waals surface area contributed by atoms with Crippen LogP contribution in [0, 0.1) is 17.5 Å². The highest BCUT2D eigenvalue weighted by Gasteiger charge is 2.30. The molecule has 0 amide bonds. The zero-order valence-electron chi connectivity index (χ0n) is 14.7. The van der Waals surface area contributed by atoms with E-state index in [4.69, 9.17) is 12.2 Å². The minimum atomic E-state index is -0.271. The highest BCUT2D eigenvalue weighted by Crippen LogP contribution is 2.39. The van der Waals surface area contributed by atoms with Crippen molar-refractivity contribution in [1.29, 1.82) is 0 Å². The first kappa shape index (κ1) is 17.5. The molecule has 8 heteroatoms. The Morgan fingerprint density at radius 1 is 1.35 bits per heavy atom. The van der Waals surface area contributed by atoms with Crippen molar-refractivity contribution in [2.24, 2.45) is 0 Å². The molecule has 0 saturated heterocycles. The van der Waals surface area contributed by atoms with E-state index < -0.39 is 0 Å². The fraction of sp³-hybridized carbons (Fsp3) is 0.389. The molecule has 1 aliphatic carbocycles. The van der Waals surface area contributed by atoms with E-state index in [1.54, 1.807) is 28.2 Å². The molecule has 1 aliphatic rings. The smallest absolute Gasteiger partial charge is 0.199 e. The summed E-state index contributed by atoms with van der Waals surface area (Å²) in [5.41, 5.74) is 1.54. The number of thiazole rings is 1. The van der Waals surface area contributed by atoms with E-state index in [0.717, 1.165) is 30.1 Å². The third kappa shape index (κ3) is 3.49. The second-order valence-electron chi connectivity index (χ2n) is 6.70. The summed E-state index contributed by atoms with van der Waals surface area (Å²) in [5.74, 6) is 0.348. The number of halogens is 1. The van der Waals surface area contributed by atoms with E-state index in [1.807, 2.05) is 24.6 Å². The molecule has 0 unspecified atom stereocenters. The maximum absolute atomic E-state index is 14.3. The Balaban J connectivity index is 1.64. The predicted octanol–water partition coefficient (Wildman–Crippen LogP) is 4.41. The van der Waals surface area contributed by atoms with Crippen molar-refractivity contribution in [3.05, 3.63) is 50.9 Å². The van der Waals surface area contributed by atoms with Crippen LogP contribution in [0.25, 0.3) is 11.4 Å². The van der Waals surface area contributed by atoms with Gasteiger partial charge >= 0.3 is 0 Å². The first-order valence-corrected chi connectivity index (χ1v) is 9.85. The minimum absolute atomic E-state index is 0.271. The molecule has 0 radical (unpaired) electrons. The standard InChI is InChI=1S/C18H20FN5S2/c1-12-20-13(10-26-12)9-22(2)11-23-18(25)24(14-7-8-14)17(21-23)15-5-3-4-6-16(15)19/h3-6,10,14H,7-9,11H2,1-2H3. The first-order chi connectivity index (χ1) is 12.5. The molecule has 3 aromatic rings. The summed E-state index contributed by atoms with van der Waals surface area (Å²) in [6.45, 7) is 3.26. The van der Waals surface area contributed by atoms with Crippen LogP contribution in [0.1, 0.15) is 29.6 Å². The largest absolute Gasteiger partial charge is 0.297 e. The lowest BCUT2D eigenvalue weighted by Crippen LogP contribution is -2.22. The first-order valence-electron chi connectivity index (χ1n) is 8.56. The molecule has 0 atom stereocenters. The molecule has 2 heterocycles. The van der Waals surface area contributed by atoms with E-state index in [0.29, 0.717) is 28.9 Å². The molecule has 0 bridgehead atoms. The summed E-state index contributed by atoms with van der Waals surface area (Å²) in [5, 5.41) is 7.79. The van der Waals surface area contributed by atoms with Crippen LogP contribution in [-0.2, 0) is 13.2 Å². The molecule has 4 rings (SSSR count). The zero-order chi connectivity index (χ0) is 18.3. The number of aryl methyl sites for hydroxylation is 1. The molecule has 2 aromatic heterocycles. The van der Waals surface area contributed by atoms with Gasteiger partial charge in [-0.25, -0.2) is 14.1 Å². The zero-order valence-corrected chi connectivity index (χ0v) is 16.4. The molecule has 1 aromatic carbocycles. The Bertz CT molecular complexity index is 986.